The Morgan fingerprint density at radius 3 is 2.90 bits per heavy atom. The summed E-state index contributed by atoms with van der Waals surface area (Å²) in [6, 6.07) is 15.9. The molecule has 0 amide bonds. The number of hydrogen-bond acceptors (Lipinski definition) is 2. The number of nitrogens with zero attached hydrogens (tertiary/aromatic N) is 2. The summed E-state index contributed by atoms with van der Waals surface area (Å²) in [6.45, 7) is 1.05. The van der Waals surface area contributed by atoms with Crippen molar-refractivity contribution in [2.24, 2.45) is 0 Å². The molecule has 2 aromatic carbocycles. The highest BCUT2D eigenvalue weighted by atomic mass is 15.1. The van der Waals surface area contributed by atoms with Gasteiger partial charge in [0, 0.05) is 23.8 Å². The van der Waals surface area contributed by atoms with E-state index in [-0.39, 0.29) is 0 Å². The van der Waals surface area contributed by atoms with Crippen LogP contribution in [0.4, 0.5) is 5.69 Å². The summed E-state index contributed by atoms with van der Waals surface area (Å²) in [6.07, 6.45) is 3.67. The number of para-hydroxylation sites is 2. The standard InChI is InChI=1S/C18H17N3/c1-2-4-17-16(3-1)20-18(21(17)14-6-7-14)13-5-8-15-12(11-13)9-10-19-15/h1-5,8,11,14,19H,6-7,9-10H2. The van der Waals surface area contributed by atoms with E-state index in [1.54, 1.807) is 0 Å². The molecular weight excluding hydrogens is 258 g/mol. The van der Waals surface area contributed by atoms with E-state index >= 15 is 0 Å². The van der Waals surface area contributed by atoms with Crippen LogP contribution in [-0.4, -0.2) is 16.1 Å². The minimum atomic E-state index is 0.638. The van der Waals surface area contributed by atoms with E-state index in [2.05, 4.69) is 52.3 Å². The molecule has 0 radical (unpaired) electrons. The van der Waals surface area contributed by atoms with Crippen molar-refractivity contribution in [3.63, 3.8) is 0 Å². The van der Waals surface area contributed by atoms with Gasteiger partial charge >= 0.3 is 0 Å². The third-order valence-corrected chi connectivity index (χ3v) is 4.58. The molecule has 2 aliphatic rings. The number of aromatic nitrogens is 2. The monoisotopic (exact) mass is 275 g/mol. The van der Waals surface area contributed by atoms with Gasteiger partial charge in [-0.3, -0.25) is 0 Å². The minimum Gasteiger partial charge on any atom is -0.384 e. The molecule has 1 saturated carbocycles. The van der Waals surface area contributed by atoms with E-state index < -0.39 is 0 Å². The molecule has 5 rings (SSSR count). The number of fused-ring (bicyclic) bond motifs is 2. The first-order chi connectivity index (χ1) is 10.4. The topological polar surface area (TPSA) is 29.9 Å². The van der Waals surface area contributed by atoms with Gasteiger partial charge in [-0.1, -0.05) is 12.1 Å². The fourth-order valence-corrected chi connectivity index (χ4v) is 3.39. The van der Waals surface area contributed by atoms with Crippen LogP contribution in [0.2, 0.25) is 0 Å². The summed E-state index contributed by atoms with van der Waals surface area (Å²) in [5.74, 6) is 1.13. The van der Waals surface area contributed by atoms with E-state index in [0.717, 1.165) is 24.3 Å². The quantitative estimate of drug-likeness (QED) is 0.766. The van der Waals surface area contributed by atoms with E-state index in [0.29, 0.717) is 6.04 Å². The minimum absolute atomic E-state index is 0.638. The van der Waals surface area contributed by atoms with Crippen LogP contribution in [0.25, 0.3) is 22.4 Å². The van der Waals surface area contributed by atoms with Gasteiger partial charge in [0.2, 0.25) is 0 Å². The van der Waals surface area contributed by atoms with Crippen LogP contribution in [0.15, 0.2) is 42.5 Å². The first-order valence-electron chi connectivity index (χ1n) is 7.74. The largest absolute Gasteiger partial charge is 0.384 e. The van der Waals surface area contributed by atoms with Gasteiger partial charge in [0.1, 0.15) is 5.82 Å². The third-order valence-electron chi connectivity index (χ3n) is 4.58. The Bertz CT molecular complexity index is 843. The van der Waals surface area contributed by atoms with Crippen LogP contribution < -0.4 is 5.32 Å². The van der Waals surface area contributed by atoms with Crippen molar-refractivity contribution in [3.8, 4) is 11.4 Å². The SMILES string of the molecule is c1ccc2c(c1)nc(-c1ccc3c(c1)CCN3)n2C1CC1. The van der Waals surface area contributed by atoms with Crippen LogP contribution in [0, 0.1) is 0 Å². The fraction of sp³-hybridized carbons (Fsp3) is 0.278. The molecule has 3 heteroatoms. The van der Waals surface area contributed by atoms with Gasteiger partial charge in [-0.15, -0.1) is 0 Å². The molecule has 0 bridgehead atoms. The summed E-state index contributed by atoms with van der Waals surface area (Å²) in [5, 5.41) is 3.43. The van der Waals surface area contributed by atoms with Crippen LogP contribution in [-0.2, 0) is 6.42 Å². The van der Waals surface area contributed by atoms with Gasteiger partial charge in [0.05, 0.1) is 11.0 Å². The van der Waals surface area contributed by atoms with Gasteiger partial charge in [-0.2, -0.15) is 0 Å². The van der Waals surface area contributed by atoms with Crippen LogP contribution in [0.1, 0.15) is 24.4 Å². The zero-order chi connectivity index (χ0) is 13.8. The Kier molecular flexibility index (Phi) is 2.22. The zero-order valence-electron chi connectivity index (χ0n) is 11.8. The smallest absolute Gasteiger partial charge is 0.141 e. The second kappa shape index (κ2) is 4.10. The Morgan fingerprint density at radius 1 is 1.10 bits per heavy atom. The van der Waals surface area contributed by atoms with Crippen LogP contribution in [0.5, 0.6) is 0 Å². The van der Waals surface area contributed by atoms with Crippen molar-refractivity contribution in [1.82, 2.24) is 9.55 Å². The van der Waals surface area contributed by atoms with Crippen LogP contribution in [0.3, 0.4) is 0 Å². The van der Waals surface area contributed by atoms with Crippen molar-refractivity contribution in [2.45, 2.75) is 25.3 Å². The number of nitrogens with one attached hydrogen (secondary N) is 1. The summed E-state index contributed by atoms with van der Waals surface area (Å²) in [7, 11) is 0. The van der Waals surface area contributed by atoms with E-state index in [9.17, 15) is 0 Å². The molecule has 1 aromatic heterocycles. The summed E-state index contributed by atoms with van der Waals surface area (Å²) >= 11 is 0. The number of benzene rings is 2. The second-order valence-corrected chi connectivity index (χ2v) is 6.07. The van der Waals surface area contributed by atoms with Crippen molar-refractivity contribution in [3.05, 3.63) is 48.0 Å². The molecule has 104 valence electrons. The van der Waals surface area contributed by atoms with Crippen molar-refractivity contribution in [2.75, 3.05) is 11.9 Å². The molecule has 1 fully saturated rings. The maximum absolute atomic E-state index is 4.91. The lowest BCUT2D eigenvalue weighted by atomic mass is 10.1. The lowest BCUT2D eigenvalue weighted by molar-refractivity contribution is 0.775. The Hall–Kier alpha value is -2.29. The lowest BCUT2D eigenvalue weighted by Crippen LogP contribution is -1.97. The first kappa shape index (κ1) is 11.4. The van der Waals surface area contributed by atoms with Crippen molar-refractivity contribution in [1.29, 1.82) is 0 Å². The first-order valence-corrected chi connectivity index (χ1v) is 7.74. The predicted octanol–water partition coefficient (Wildman–Crippen LogP) is 4.01. The molecule has 21 heavy (non-hydrogen) atoms. The average Bonchev–Trinajstić information content (AvgIpc) is 3.12. The van der Waals surface area contributed by atoms with E-state index in [1.165, 1.54) is 35.2 Å². The van der Waals surface area contributed by atoms with E-state index in [4.69, 9.17) is 4.98 Å². The number of rotatable bonds is 2. The van der Waals surface area contributed by atoms with Gasteiger partial charge in [0.25, 0.3) is 0 Å². The predicted molar refractivity (Wildman–Crippen MR) is 85.6 cm³/mol. The molecule has 0 saturated heterocycles. The number of hydrogen-bond donors (Lipinski definition) is 1. The summed E-state index contributed by atoms with van der Waals surface area (Å²) in [5.41, 5.74) is 6.34. The highest BCUT2D eigenvalue weighted by Crippen LogP contribution is 2.41. The number of imidazole rings is 1. The molecule has 1 aliphatic carbocycles. The molecule has 0 spiro atoms. The molecule has 0 unspecified atom stereocenters. The molecule has 0 atom stereocenters. The maximum atomic E-state index is 4.91. The van der Waals surface area contributed by atoms with Gasteiger partial charge in [-0.25, -0.2) is 4.98 Å². The van der Waals surface area contributed by atoms with Gasteiger partial charge in [-0.05, 0) is 55.2 Å². The fourth-order valence-electron chi connectivity index (χ4n) is 3.39. The molecule has 1 N–H and O–H groups in total. The Labute approximate surface area is 123 Å². The highest BCUT2D eigenvalue weighted by molar-refractivity contribution is 5.81. The van der Waals surface area contributed by atoms with Crippen molar-refractivity contribution >= 4 is 16.7 Å². The van der Waals surface area contributed by atoms with E-state index in [1.807, 2.05) is 0 Å². The molecule has 1 aliphatic heterocycles. The average molecular weight is 275 g/mol. The molecule has 3 nitrogen and oxygen atoms in total. The van der Waals surface area contributed by atoms with Gasteiger partial charge in [0.15, 0.2) is 0 Å². The zero-order valence-corrected chi connectivity index (χ0v) is 11.8. The maximum Gasteiger partial charge on any atom is 0.141 e. The van der Waals surface area contributed by atoms with Gasteiger partial charge < -0.3 is 9.88 Å². The third kappa shape index (κ3) is 1.70. The molecule has 2 heterocycles. The summed E-state index contributed by atoms with van der Waals surface area (Å²) in [4.78, 5) is 4.91. The van der Waals surface area contributed by atoms with Crippen molar-refractivity contribution < 1.29 is 0 Å². The Morgan fingerprint density at radius 2 is 2.00 bits per heavy atom. The highest BCUT2D eigenvalue weighted by Gasteiger charge is 2.28. The molecule has 3 aromatic rings. The lowest BCUT2D eigenvalue weighted by Gasteiger charge is -2.09. The summed E-state index contributed by atoms with van der Waals surface area (Å²) < 4.78 is 2.44. The van der Waals surface area contributed by atoms with Crippen LogP contribution >= 0.6 is 0 Å². The second-order valence-electron chi connectivity index (χ2n) is 6.07. The Balaban J connectivity index is 1.75. The number of anilines is 1. The molecular formula is C18H17N3. The normalized spacial score (nSPS) is 17.0.